The number of halogens is 1. The molecule has 0 amide bonds. The molecule has 0 radical (unpaired) electrons. The second-order valence-electron chi connectivity index (χ2n) is 2.68. The fourth-order valence-corrected chi connectivity index (χ4v) is 0.921. The van der Waals surface area contributed by atoms with E-state index in [4.69, 9.17) is 10.8 Å². The molecule has 6 heteroatoms. The Kier molecular flexibility index (Phi) is 3.10. The van der Waals surface area contributed by atoms with E-state index >= 15 is 0 Å². The molecule has 76 valence electrons. The Bertz CT molecular complexity index is 345. The zero-order valence-corrected chi connectivity index (χ0v) is 7.09. The van der Waals surface area contributed by atoms with Gasteiger partial charge in [0.1, 0.15) is 23.7 Å². The molecule has 14 heavy (non-hydrogen) atoms. The van der Waals surface area contributed by atoms with Gasteiger partial charge in [0.2, 0.25) is 0 Å². The monoisotopic (exact) mass is 200 g/mol. The molecule has 4 N–H and O–H groups in total. The van der Waals surface area contributed by atoms with Gasteiger partial charge in [-0.15, -0.1) is 0 Å². The highest BCUT2D eigenvalue weighted by Crippen LogP contribution is 2.16. The van der Waals surface area contributed by atoms with Gasteiger partial charge in [-0.1, -0.05) is 0 Å². The molecule has 0 fully saturated rings. The van der Waals surface area contributed by atoms with E-state index in [1.54, 1.807) is 0 Å². The molecule has 1 heterocycles. The van der Waals surface area contributed by atoms with Crippen molar-refractivity contribution < 1.29 is 19.4 Å². The van der Waals surface area contributed by atoms with Gasteiger partial charge in [0.15, 0.2) is 0 Å². The second kappa shape index (κ2) is 4.12. The quantitative estimate of drug-likeness (QED) is 0.620. The summed E-state index contributed by atoms with van der Waals surface area (Å²) in [5, 5.41) is 17.8. The summed E-state index contributed by atoms with van der Waals surface area (Å²) in [6.07, 6.45) is -0.398. The summed E-state index contributed by atoms with van der Waals surface area (Å²) in [6, 6.07) is 0.817. The number of pyridine rings is 1. The van der Waals surface area contributed by atoms with E-state index in [0.29, 0.717) is 0 Å². The lowest BCUT2D eigenvalue weighted by Crippen LogP contribution is -2.37. The van der Waals surface area contributed by atoms with E-state index in [1.807, 2.05) is 0 Å². The molecular weight excluding hydrogens is 191 g/mol. The first-order chi connectivity index (χ1) is 6.54. The number of rotatable bonds is 3. The molecule has 0 saturated carbocycles. The molecule has 2 unspecified atom stereocenters. The smallest absolute Gasteiger partial charge is 0.323 e. The van der Waals surface area contributed by atoms with Crippen LogP contribution in [0.25, 0.3) is 0 Å². The lowest BCUT2D eigenvalue weighted by molar-refractivity contribution is -0.141. The fraction of sp³-hybridized carbons (Fsp3) is 0.250. The molecule has 0 saturated heterocycles. The van der Waals surface area contributed by atoms with Crippen LogP contribution in [0.2, 0.25) is 0 Å². The van der Waals surface area contributed by atoms with Crippen molar-refractivity contribution in [3.05, 3.63) is 29.8 Å². The summed E-state index contributed by atoms with van der Waals surface area (Å²) in [5.41, 5.74) is 4.75. The summed E-state index contributed by atoms with van der Waals surface area (Å²) < 4.78 is 13.0. The summed E-state index contributed by atoms with van der Waals surface area (Å²) >= 11 is 0. The van der Waals surface area contributed by atoms with Crippen LogP contribution in [-0.4, -0.2) is 27.2 Å². The topological polar surface area (TPSA) is 96.4 Å². The lowest BCUT2D eigenvalue weighted by Gasteiger charge is -2.14. The highest BCUT2D eigenvalue weighted by atomic mass is 19.1. The van der Waals surface area contributed by atoms with Crippen LogP contribution in [0, 0.1) is 5.82 Å². The predicted octanol–water partition coefficient (Wildman–Crippen LogP) is -0.334. The van der Waals surface area contributed by atoms with E-state index < -0.39 is 23.9 Å². The molecule has 1 rings (SSSR count). The molecule has 0 spiro atoms. The van der Waals surface area contributed by atoms with Crippen molar-refractivity contribution in [3.8, 4) is 0 Å². The Morgan fingerprint density at radius 1 is 1.64 bits per heavy atom. The molecule has 1 aromatic rings. The van der Waals surface area contributed by atoms with Crippen molar-refractivity contribution in [2.24, 2.45) is 5.73 Å². The lowest BCUT2D eigenvalue weighted by atomic mass is 10.1. The number of aromatic nitrogens is 1. The van der Waals surface area contributed by atoms with E-state index in [-0.39, 0.29) is 5.69 Å². The maximum Gasteiger partial charge on any atom is 0.323 e. The summed E-state index contributed by atoms with van der Waals surface area (Å²) in [4.78, 5) is 13.9. The number of nitrogens with two attached hydrogens (primary N) is 1. The van der Waals surface area contributed by atoms with Gasteiger partial charge >= 0.3 is 5.97 Å². The van der Waals surface area contributed by atoms with Crippen molar-refractivity contribution in [1.29, 1.82) is 0 Å². The first kappa shape index (κ1) is 10.6. The largest absolute Gasteiger partial charge is 0.480 e. The van der Waals surface area contributed by atoms with Crippen molar-refractivity contribution in [3.63, 3.8) is 0 Å². The number of hydrogen-bond donors (Lipinski definition) is 3. The van der Waals surface area contributed by atoms with Crippen molar-refractivity contribution in [2.75, 3.05) is 0 Å². The number of hydrogen-bond acceptors (Lipinski definition) is 4. The third-order valence-corrected chi connectivity index (χ3v) is 1.69. The Morgan fingerprint density at radius 2 is 2.29 bits per heavy atom. The highest BCUT2D eigenvalue weighted by Gasteiger charge is 2.26. The van der Waals surface area contributed by atoms with E-state index in [1.165, 1.54) is 12.3 Å². The maximum absolute atomic E-state index is 13.0. The number of carboxylic acid groups (broad SMARTS) is 1. The summed E-state index contributed by atoms with van der Waals surface area (Å²) in [5.74, 6) is -2.20. The van der Waals surface area contributed by atoms with Crippen LogP contribution < -0.4 is 5.73 Å². The average Bonchev–Trinajstić information content (AvgIpc) is 2.16. The van der Waals surface area contributed by atoms with E-state index in [2.05, 4.69) is 4.98 Å². The molecule has 0 bridgehead atoms. The number of carbonyl (C=O) groups is 1. The molecule has 0 aliphatic rings. The Balaban J connectivity index is 2.94. The molecule has 0 aromatic carbocycles. The normalized spacial score (nSPS) is 14.8. The number of nitrogens with zero attached hydrogens (tertiary/aromatic N) is 1. The molecule has 5 nitrogen and oxygen atoms in total. The van der Waals surface area contributed by atoms with Crippen LogP contribution in [0.4, 0.5) is 4.39 Å². The summed E-state index contributed by atoms with van der Waals surface area (Å²) in [6.45, 7) is 0. The Morgan fingerprint density at radius 3 is 2.79 bits per heavy atom. The minimum atomic E-state index is -1.64. The number of aliphatic carboxylic acids is 1. The molecule has 0 aliphatic heterocycles. The molecule has 0 aliphatic carbocycles. The Hall–Kier alpha value is -1.53. The van der Waals surface area contributed by atoms with E-state index in [0.717, 1.165) is 6.07 Å². The molecule has 2 atom stereocenters. The number of aliphatic hydroxyl groups excluding tert-OH is 1. The first-order valence-electron chi connectivity index (χ1n) is 3.81. The van der Waals surface area contributed by atoms with Crippen LogP contribution in [0.15, 0.2) is 18.3 Å². The number of carboxylic acids is 1. The Labute approximate surface area is 79.0 Å². The summed E-state index contributed by atoms with van der Waals surface area (Å²) in [7, 11) is 0. The third kappa shape index (κ3) is 2.04. The van der Waals surface area contributed by atoms with Gasteiger partial charge in [-0.05, 0) is 12.1 Å². The van der Waals surface area contributed by atoms with Gasteiger partial charge < -0.3 is 15.9 Å². The van der Waals surface area contributed by atoms with Crippen molar-refractivity contribution >= 4 is 5.97 Å². The first-order valence-corrected chi connectivity index (χ1v) is 3.81. The average molecular weight is 200 g/mol. The van der Waals surface area contributed by atoms with Gasteiger partial charge in [0, 0.05) is 6.20 Å². The van der Waals surface area contributed by atoms with Crippen molar-refractivity contribution in [1.82, 2.24) is 4.98 Å². The predicted molar refractivity (Wildman–Crippen MR) is 44.8 cm³/mol. The zero-order valence-electron chi connectivity index (χ0n) is 7.09. The molecular formula is C8H9FN2O3. The van der Waals surface area contributed by atoms with Crippen LogP contribution >= 0.6 is 0 Å². The van der Waals surface area contributed by atoms with Crippen molar-refractivity contribution in [2.45, 2.75) is 12.1 Å². The van der Waals surface area contributed by atoms with Crippen LogP contribution in [0.1, 0.15) is 11.8 Å². The minimum Gasteiger partial charge on any atom is -0.480 e. The minimum absolute atomic E-state index is 0.359. The van der Waals surface area contributed by atoms with Gasteiger partial charge in [-0.2, -0.15) is 0 Å². The number of aliphatic hydroxyl groups is 1. The van der Waals surface area contributed by atoms with Crippen LogP contribution in [0.3, 0.4) is 0 Å². The third-order valence-electron chi connectivity index (χ3n) is 1.69. The van der Waals surface area contributed by atoms with E-state index in [9.17, 15) is 14.3 Å². The van der Waals surface area contributed by atoms with Crippen LogP contribution in [0.5, 0.6) is 0 Å². The van der Waals surface area contributed by atoms with Crippen LogP contribution in [-0.2, 0) is 4.79 Å². The zero-order chi connectivity index (χ0) is 10.7. The maximum atomic E-state index is 13.0. The molecule has 1 aromatic heterocycles. The van der Waals surface area contributed by atoms with Gasteiger partial charge in [-0.25, -0.2) is 4.39 Å². The van der Waals surface area contributed by atoms with Gasteiger partial charge in [0.05, 0.1) is 0 Å². The SMILES string of the molecule is NC(C(=O)O)C(O)c1ncccc1F. The standard InChI is InChI=1S/C8H9FN2O3/c9-4-2-1-3-11-6(4)7(12)5(10)8(13)14/h1-3,5,7,12H,10H2,(H,13,14). The second-order valence-corrected chi connectivity index (χ2v) is 2.68. The van der Waals surface area contributed by atoms with Gasteiger partial charge in [-0.3, -0.25) is 9.78 Å². The van der Waals surface area contributed by atoms with Gasteiger partial charge in [0.25, 0.3) is 0 Å². The fourth-order valence-electron chi connectivity index (χ4n) is 0.921. The highest BCUT2D eigenvalue weighted by molar-refractivity contribution is 5.74.